The Balaban J connectivity index is 1.82. The first kappa shape index (κ1) is 16.7. The van der Waals surface area contributed by atoms with Crippen molar-refractivity contribution >= 4 is 22.5 Å². The van der Waals surface area contributed by atoms with Crippen LogP contribution in [0.2, 0.25) is 0 Å². The Morgan fingerprint density at radius 1 is 0.920 bits per heavy atom. The van der Waals surface area contributed by atoms with Crippen molar-refractivity contribution in [2.45, 2.75) is 13.3 Å². The summed E-state index contributed by atoms with van der Waals surface area (Å²) in [6.45, 7) is 5.56. The van der Waals surface area contributed by atoms with Crippen molar-refractivity contribution in [3.63, 3.8) is 0 Å². The fraction of sp³-hybridized carbons (Fsp3) is 0.0909. The predicted octanol–water partition coefficient (Wildman–Crippen LogP) is 4.99. The summed E-state index contributed by atoms with van der Waals surface area (Å²) < 4.78 is 5.46. The molecule has 0 saturated carbocycles. The third-order valence-electron chi connectivity index (χ3n) is 4.09. The molecule has 0 radical (unpaired) electrons. The first-order chi connectivity index (χ1) is 12.1. The van der Waals surface area contributed by atoms with Crippen LogP contribution in [0.25, 0.3) is 10.8 Å². The average Bonchev–Trinajstić information content (AvgIpc) is 2.67. The fourth-order valence-electron chi connectivity index (χ4n) is 2.60. The lowest BCUT2D eigenvalue weighted by Gasteiger charge is -2.07. The molecule has 3 rings (SSSR count). The highest BCUT2D eigenvalue weighted by Gasteiger charge is 2.09. The molecule has 0 bridgehead atoms. The van der Waals surface area contributed by atoms with E-state index in [1.165, 1.54) is 11.6 Å². The minimum absolute atomic E-state index is 0.118. The fourth-order valence-corrected chi connectivity index (χ4v) is 2.60. The lowest BCUT2D eigenvalue weighted by Crippen LogP contribution is -2.08. The third kappa shape index (κ3) is 3.66. The molecule has 0 atom stereocenters. The molecule has 3 aromatic carbocycles. The van der Waals surface area contributed by atoms with E-state index in [0.29, 0.717) is 16.9 Å². The standard InChI is InChI=1S/C22H18O3/c1-3-15-5-7-16(8-6-15)22(24)25-20-12-11-17-13-19(21(23)4-2)10-9-18(17)14-20/h4-14H,2-3H2,1H3. The van der Waals surface area contributed by atoms with E-state index in [2.05, 4.69) is 13.5 Å². The zero-order valence-electron chi connectivity index (χ0n) is 14.0. The van der Waals surface area contributed by atoms with Crippen molar-refractivity contribution in [2.75, 3.05) is 0 Å². The van der Waals surface area contributed by atoms with E-state index in [1.54, 1.807) is 36.4 Å². The lowest BCUT2D eigenvalue weighted by atomic mass is 10.0. The molecule has 0 amide bonds. The first-order valence-electron chi connectivity index (χ1n) is 8.12. The number of carbonyl (C=O) groups is 2. The number of aryl methyl sites for hydroxylation is 1. The molecular formula is C22H18O3. The highest BCUT2D eigenvalue weighted by atomic mass is 16.5. The van der Waals surface area contributed by atoms with Gasteiger partial charge in [0.05, 0.1) is 5.56 Å². The van der Waals surface area contributed by atoms with Gasteiger partial charge in [-0.25, -0.2) is 4.79 Å². The van der Waals surface area contributed by atoms with Gasteiger partial charge in [-0.05, 0) is 59.2 Å². The molecule has 0 aromatic heterocycles. The molecule has 3 heteroatoms. The highest BCUT2D eigenvalue weighted by Crippen LogP contribution is 2.23. The van der Waals surface area contributed by atoms with E-state index in [-0.39, 0.29) is 11.8 Å². The maximum Gasteiger partial charge on any atom is 0.343 e. The summed E-state index contributed by atoms with van der Waals surface area (Å²) >= 11 is 0. The van der Waals surface area contributed by atoms with E-state index in [4.69, 9.17) is 4.74 Å². The molecule has 0 heterocycles. The van der Waals surface area contributed by atoms with Crippen LogP contribution in [0.3, 0.4) is 0 Å². The van der Waals surface area contributed by atoms with Crippen LogP contribution in [0.4, 0.5) is 0 Å². The van der Waals surface area contributed by atoms with E-state index >= 15 is 0 Å². The van der Waals surface area contributed by atoms with Crippen molar-refractivity contribution in [3.8, 4) is 5.75 Å². The molecule has 124 valence electrons. The van der Waals surface area contributed by atoms with Crippen LogP contribution >= 0.6 is 0 Å². The number of hydrogen-bond donors (Lipinski definition) is 0. The number of carbonyl (C=O) groups excluding carboxylic acids is 2. The topological polar surface area (TPSA) is 43.4 Å². The zero-order valence-corrected chi connectivity index (χ0v) is 14.0. The van der Waals surface area contributed by atoms with Gasteiger partial charge in [-0.2, -0.15) is 0 Å². The molecule has 0 unspecified atom stereocenters. The molecule has 25 heavy (non-hydrogen) atoms. The largest absolute Gasteiger partial charge is 0.423 e. The van der Waals surface area contributed by atoms with E-state index in [9.17, 15) is 9.59 Å². The molecule has 0 aliphatic rings. The summed E-state index contributed by atoms with van der Waals surface area (Å²) in [6, 6.07) is 18.1. The molecule has 0 aliphatic carbocycles. The van der Waals surface area contributed by atoms with Gasteiger partial charge in [0, 0.05) is 5.56 Å². The van der Waals surface area contributed by atoms with E-state index in [0.717, 1.165) is 17.2 Å². The van der Waals surface area contributed by atoms with Crippen LogP contribution < -0.4 is 4.74 Å². The van der Waals surface area contributed by atoms with Crippen LogP contribution in [0.5, 0.6) is 5.75 Å². The monoisotopic (exact) mass is 330 g/mol. The number of benzene rings is 3. The normalized spacial score (nSPS) is 10.4. The van der Waals surface area contributed by atoms with Gasteiger partial charge < -0.3 is 4.74 Å². The maximum absolute atomic E-state index is 12.3. The number of rotatable bonds is 5. The molecule has 0 saturated heterocycles. The number of allylic oxidation sites excluding steroid dienone is 1. The summed E-state index contributed by atoms with van der Waals surface area (Å²) in [5, 5.41) is 1.80. The van der Waals surface area contributed by atoms with Crippen molar-refractivity contribution in [3.05, 3.63) is 90.0 Å². The molecule has 0 spiro atoms. The van der Waals surface area contributed by atoms with Crippen molar-refractivity contribution in [1.82, 2.24) is 0 Å². The summed E-state index contributed by atoms with van der Waals surface area (Å²) in [7, 11) is 0. The molecule has 3 aromatic rings. The second-order valence-electron chi connectivity index (χ2n) is 5.73. The van der Waals surface area contributed by atoms with Gasteiger partial charge in [-0.1, -0.05) is 43.8 Å². The Kier molecular flexibility index (Phi) is 4.75. The zero-order chi connectivity index (χ0) is 17.8. The van der Waals surface area contributed by atoms with Gasteiger partial charge in [-0.3, -0.25) is 4.79 Å². The number of hydrogen-bond acceptors (Lipinski definition) is 3. The van der Waals surface area contributed by atoms with Crippen LogP contribution in [0.1, 0.15) is 33.2 Å². The molecule has 0 N–H and O–H groups in total. The van der Waals surface area contributed by atoms with Gasteiger partial charge in [0.25, 0.3) is 0 Å². The third-order valence-corrected chi connectivity index (χ3v) is 4.09. The average molecular weight is 330 g/mol. The Hall–Kier alpha value is -3.20. The molecule has 0 aliphatic heterocycles. The lowest BCUT2D eigenvalue weighted by molar-refractivity contribution is 0.0735. The number of fused-ring (bicyclic) bond motifs is 1. The van der Waals surface area contributed by atoms with Crippen LogP contribution in [-0.2, 0) is 6.42 Å². The molecule has 0 fully saturated rings. The van der Waals surface area contributed by atoms with Gasteiger partial charge in [0.2, 0.25) is 0 Å². The van der Waals surface area contributed by atoms with Crippen LogP contribution in [0, 0.1) is 0 Å². The van der Waals surface area contributed by atoms with Gasteiger partial charge >= 0.3 is 5.97 Å². The van der Waals surface area contributed by atoms with Gasteiger partial charge in [-0.15, -0.1) is 0 Å². The predicted molar refractivity (Wildman–Crippen MR) is 99.3 cm³/mol. The van der Waals surface area contributed by atoms with Gasteiger partial charge in [0.15, 0.2) is 5.78 Å². The second kappa shape index (κ2) is 7.14. The van der Waals surface area contributed by atoms with Crippen molar-refractivity contribution in [1.29, 1.82) is 0 Å². The summed E-state index contributed by atoms with van der Waals surface area (Å²) in [5.41, 5.74) is 2.28. The van der Waals surface area contributed by atoms with Crippen LogP contribution in [-0.4, -0.2) is 11.8 Å². The Labute approximate surface area is 146 Å². The van der Waals surface area contributed by atoms with Crippen molar-refractivity contribution in [2.24, 2.45) is 0 Å². The minimum Gasteiger partial charge on any atom is -0.423 e. The van der Waals surface area contributed by atoms with Gasteiger partial charge in [0.1, 0.15) is 5.75 Å². The SMILES string of the molecule is C=CC(=O)c1ccc2cc(OC(=O)c3ccc(CC)cc3)ccc2c1. The minimum atomic E-state index is -0.388. The number of ether oxygens (including phenoxy) is 1. The maximum atomic E-state index is 12.3. The van der Waals surface area contributed by atoms with E-state index in [1.807, 2.05) is 24.3 Å². The molecule has 3 nitrogen and oxygen atoms in total. The quantitative estimate of drug-likeness (QED) is 0.286. The second-order valence-corrected chi connectivity index (χ2v) is 5.73. The summed E-state index contributed by atoms with van der Waals surface area (Å²) in [6.07, 6.45) is 2.22. The van der Waals surface area contributed by atoms with Crippen molar-refractivity contribution < 1.29 is 14.3 Å². The Morgan fingerprint density at radius 3 is 2.24 bits per heavy atom. The van der Waals surface area contributed by atoms with Crippen LogP contribution in [0.15, 0.2) is 73.3 Å². The molecular weight excluding hydrogens is 312 g/mol. The smallest absolute Gasteiger partial charge is 0.343 e. The Morgan fingerprint density at radius 2 is 1.56 bits per heavy atom. The summed E-state index contributed by atoms with van der Waals surface area (Å²) in [5.74, 6) is -0.0340. The highest BCUT2D eigenvalue weighted by molar-refractivity contribution is 6.06. The Bertz CT molecular complexity index is 953. The van der Waals surface area contributed by atoms with E-state index < -0.39 is 0 Å². The number of esters is 1. The summed E-state index contributed by atoms with van der Waals surface area (Å²) in [4.78, 5) is 23.9. The number of ketones is 1. The first-order valence-corrected chi connectivity index (χ1v) is 8.12.